The molecule has 1 aromatic carbocycles. The van der Waals surface area contributed by atoms with Gasteiger partial charge in [0.05, 0.1) is 0 Å². The van der Waals surface area contributed by atoms with Crippen molar-refractivity contribution in [3.8, 4) is 0 Å². The number of amides is 2. The van der Waals surface area contributed by atoms with E-state index in [0.717, 1.165) is 0 Å². The van der Waals surface area contributed by atoms with Crippen LogP contribution in [-0.4, -0.2) is 29.4 Å². The van der Waals surface area contributed by atoms with Crippen molar-refractivity contribution in [3.05, 3.63) is 29.8 Å². The number of hydrogen-bond donors (Lipinski definition) is 2. The summed E-state index contributed by atoms with van der Waals surface area (Å²) in [6.07, 6.45) is 4.41. The van der Waals surface area contributed by atoms with Crippen molar-refractivity contribution < 1.29 is 9.59 Å². The van der Waals surface area contributed by atoms with Gasteiger partial charge in [-0.25, -0.2) is 4.79 Å². The van der Waals surface area contributed by atoms with Crippen LogP contribution in [0, 0.1) is 0 Å². The first-order chi connectivity index (χ1) is 9.04. The van der Waals surface area contributed by atoms with Crippen molar-refractivity contribution >= 4 is 29.3 Å². The number of anilines is 1. The van der Waals surface area contributed by atoms with Crippen molar-refractivity contribution in [2.24, 2.45) is 0 Å². The van der Waals surface area contributed by atoms with Gasteiger partial charge >= 0.3 is 6.03 Å². The molecule has 0 spiro atoms. The first-order valence-corrected chi connectivity index (χ1v) is 7.48. The molecule has 2 amide bonds. The van der Waals surface area contributed by atoms with Crippen molar-refractivity contribution in [3.63, 3.8) is 0 Å². The highest BCUT2D eigenvalue weighted by atomic mass is 32.2. The number of Topliss-reactive ketones (excluding diaryl/α,β-unsaturated/α-hetero) is 1. The fourth-order valence-corrected chi connectivity index (χ4v) is 2.52. The van der Waals surface area contributed by atoms with Crippen LogP contribution in [0.5, 0.6) is 0 Å². The van der Waals surface area contributed by atoms with Crippen LogP contribution in [0.4, 0.5) is 10.5 Å². The predicted octanol–water partition coefficient (Wildman–Crippen LogP) is 2.91. The summed E-state index contributed by atoms with van der Waals surface area (Å²) in [6.45, 7) is 2.22. The molecular weight excluding hydrogens is 260 g/mol. The number of carbonyl (C=O) groups is 2. The topological polar surface area (TPSA) is 58.2 Å². The van der Waals surface area contributed by atoms with Crippen molar-refractivity contribution in [2.45, 2.75) is 24.5 Å². The Balaban J connectivity index is 1.83. The van der Waals surface area contributed by atoms with Gasteiger partial charge in [-0.1, -0.05) is 0 Å². The average Bonchev–Trinajstić information content (AvgIpc) is 3.18. The number of carbonyl (C=O) groups excluding carboxylic acids is 2. The number of benzene rings is 1. The lowest BCUT2D eigenvalue weighted by Gasteiger charge is -2.13. The van der Waals surface area contributed by atoms with E-state index in [1.54, 1.807) is 24.3 Å². The van der Waals surface area contributed by atoms with Crippen LogP contribution >= 0.6 is 11.8 Å². The molecule has 4 nitrogen and oxygen atoms in total. The summed E-state index contributed by atoms with van der Waals surface area (Å²) in [6, 6.07) is 6.69. The van der Waals surface area contributed by atoms with Crippen LogP contribution in [0.15, 0.2) is 24.3 Å². The highest BCUT2D eigenvalue weighted by molar-refractivity contribution is 8.00. The molecular formula is C14H18N2O2S. The third kappa shape index (κ3) is 3.73. The number of hydrogen-bond acceptors (Lipinski definition) is 3. The van der Waals surface area contributed by atoms with Gasteiger partial charge in [0, 0.05) is 22.5 Å². The molecule has 0 atom stereocenters. The Morgan fingerprint density at radius 2 is 1.89 bits per heavy atom. The Labute approximate surface area is 117 Å². The molecule has 1 saturated carbocycles. The summed E-state index contributed by atoms with van der Waals surface area (Å²) in [5.74, 6) is 0.0200. The third-order valence-electron chi connectivity index (χ3n) is 3.36. The van der Waals surface area contributed by atoms with Gasteiger partial charge in [0.2, 0.25) is 0 Å². The molecule has 0 aromatic heterocycles. The molecule has 0 unspecified atom stereocenters. The molecule has 5 heteroatoms. The molecule has 102 valence electrons. The second-order valence-corrected chi connectivity index (χ2v) is 6.10. The standard InChI is InChI=1S/C14H18N2O2S/c1-10(17)11-3-5-12(6-4-11)16-13(18)15-9-14(19-2)7-8-14/h3-6H,7-9H2,1-2H3,(H2,15,16,18). The van der Waals surface area contributed by atoms with Gasteiger partial charge in [-0.2, -0.15) is 11.8 Å². The maximum atomic E-state index is 11.7. The predicted molar refractivity (Wildman–Crippen MR) is 78.9 cm³/mol. The van der Waals surface area contributed by atoms with Crippen LogP contribution in [0.25, 0.3) is 0 Å². The van der Waals surface area contributed by atoms with Crippen molar-refractivity contribution in [1.82, 2.24) is 5.32 Å². The maximum absolute atomic E-state index is 11.7. The van der Waals surface area contributed by atoms with Crippen LogP contribution in [0.3, 0.4) is 0 Å². The SMILES string of the molecule is CSC1(CNC(=O)Nc2ccc(C(C)=O)cc2)CC1. The minimum absolute atomic E-state index is 0.0200. The van der Waals surface area contributed by atoms with Gasteiger partial charge in [0.25, 0.3) is 0 Å². The van der Waals surface area contributed by atoms with E-state index < -0.39 is 0 Å². The molecule has 1 aromatic rings. The number of ketones is 1. The fraction of sp³-hybridized carbons (Fsp3) is 0.429. The van der Waals surface area contributed by atoms with E-state index in [1.165, 1.54) is 19.8 Å². The van der Waals surface area contributed by atoms with Gasteiger partial charge in [-0.3, -0.25) is 4.79 Å². The zero-order chi connectivity index (χ0) is 13.9. The molecule has 0 aliphatic heterocycles. The van der Waals surface area contributed by atoms with E-state index >= 15 is 0 Å². The first-order valence-electron chi connectivity index (χ1n) is 6.26. The lowest BCUT2D eigenvalue weighted by atomic mass is 10.1. The van der Waals surface area contributed by atoms with E-state index in [4.69, 9.17) is 0 Å². The molecule has 0 heterocycles. The van der Waals surface area contributed by atoms with Gasteiger partial charge in [-0.05, 0) is 50.3 Å². The number of thioether (sulfide) groups is 1. The van der Waals surface area contributed by atoms with E-state index in [9.17, 15) is 9.59 Å². The Morgan fingerprint density at radius 1 is 1.26 bits per heavy atom. The smallest absolute Gasteiger partial charge is 0.319 e. The monoisotopic (exact) mass is 278 g/mol. The van der Waals surface area contributed by atoms with Gasteiger partial charge in [0.1, 0.15) is 0 Å². The quantitative estimate of drug-likeness (QED) is 0.814. The fourth-order valence-electron chi connectivity index (χ4n) is 1.80. The second-order valence-electron chi connectivity index (χ2n) is 4.83. The zero-order valence-corrected chi connectivity index (χ0v) is 12.0. The van der Waals surface area contributed by atoms with Gasteiger partial charge < -0.3 is 10.6 Å². The Kier molecular flexibility index (Phi) is 4.14. The van der Waals surface area contributed by atoms with Crippen LogP contribution in [0.2, 0.25) is 0 Å². The van der Waals surface area contributed by atoms with Gasteiger partial charge in [0.15, 0.2) is 5.78 Å². The van der Waals surface area contributed by atoms with Crippen LogP contribution in [-0.2, 0) is 0 Å². The third-order valence-corrected chi connectivity index (χ3v) is 4.78. The Hall–Kier alpha value is -1.49. The molecule has 1 aliphatic carbocycles. The Morgan fingerprint density at radius 3 is 2.37 bits per heavy atom. The van der Waals surface area contributed by atoms with Crippen LogP contribution < -0.4 is 10.6 Å². The van der Waals surface area contributed by atoms with E-state index in [2.05, 4.69) is 16.9 Å². The summed E-state index contributed by atoms with van der Waals surface area (Å²) in [7, 11) is 0. The average molecular weight is 278 g/mol. The number of rotatable bonds is 5. The summed E-state index contributed by atoms with van der Waals surface area (Å²) >= 11 is 1.81. The lowest BCUT2D eigenvalue weighted by Crippen LogP contribution is -2.35. The highest BCUT2D eigenvalue weighted by Gasteiger charge is 2.41. The minimum atomic E-state index is -0.198. The van der Waals surface area contributed by atoms with Crippen LogP contribution in [0.1, 0.15) is 30.1 Å². The maximum Gasteiger partial charge on any atom is 0.319 e. The minimum Gasteiger partial charge on any atom is -0.336 e. The summed E-state index contributed by atoms with van der Waals surface area (Å²) in [5, 5.41) is 5.65. The number of nitrogens with one attached hydrogen (secondary N) is 2. The molecule has 1 aliphatic rings. The summed E-state index contributed by atoms with van der Waals surface area (Å²) in [5.41, 5.74) is 1.33. The van der Waals surface area contributed by atoms with Crippen molar-refractivity contribution in [2.75, 3.05) is 18.1 Å². The normalized spacial score (nSPS) is 15.7. The summed E-state index contributed by atoms with van der Waals surface area (Å²) < 4.78 is 0.260. The van der Waals surface area contributed by atoms with E-state index in [1.807, 2.05) is 11.8 Å². The molecule has 0 saturated heterocycles. The molecule has 0 bridgehead atoms. The lowest BCUT2D eigenvalue weighted by molar-refractivity contribution is 0.101. The van der Waals surface area contributed by atoms with Crippen molar-refractivity contribution in [1.29, 1.82) is 0 Å². The van der Waals surface area contributed by atoms with E-state index in [-0.39, 0.29) is 16.6 Å². The first kappa shape index (κ1) is 13.9. The highest BCUT2D eigenvalue weighted by Crippen LogP contribution is 2.46. The Bertz CT molecular complexity index is 481. The largest absolute Gasteiger partial charge is 0.336 e. The second kappa shape index (κ2) is 5.65. The molecule has 2 N–H and O–H groups in total. The molecule has 2 rings (SSSR count). The molecule has 19 heavy (non-hydrogen) atoms. The summed E-state index contributed by atoms with van der Waals surface area (Å²) in [4.78, 5) is 22.9. The van der Waals surface area contributed by atoms with E-state index in [0.29, 0.717) is 17.8 Å². The zero-order valence-electron chi connectivity index (χ0n) is 11.2. The van der Waals surface area contributed by atoms with Gasteiger partial charge in [-0.15, -0.1) is 0 Å². The molecule has 1 fully saturated rings. The molecule has 0 radical (unpaired) electrons. The number of urea groups is 1.